The first-order valence-corrected chi connectivity index (χ1v) is 7.91. The smallest absolute Gasteiger partial charge is 0.407 e. The molecule has 126 valence electrons. The molecule has 0 bridgehead atoms. The number of nitrogens with zero attached hydrogens (tertiary/aromatic N) is 3. The Morgan fingerprint density at radius 1 is 1.48 bits per heavy atom. The van der Waals surface area contributed by atoms with Crippen LogP contribution >= 0.6 is 0 Å². The lowest BCUT2D eigenvalue weighted by Gasteiger charge is -2.37. The van der Waals surface area contributed by atoms with Crippen LogP contribution in [-0.2, 0) is 11.8 Å². The van der Waals surface area contributed by atoms with Gasteiger partial charge in [-0.15, -0.1) is 0 Å². The Balaban J connectivity index is 1.55. The lowest BCUT2D eigenvalue weighted by atomic mass is 9.92. The van der Waals surface area contributed by atoms with Gasteiger partial charge in [0.25, 0.3) is 0 Å². The molecule has 3 rings (SSSR count). The van der Waals surface area contributed by atoms with Crippen LogP contribution in [-0.4, -0.2) is 52.0 Å². The number of amides is 3. The normalized spacial score (nSPS) is 21.0. The van der Waals surface area contributed by atoms with Crippen LogP contribution in [0.25, 0.3) is 0 Å². The minimum atomic E-state index is -0.431. The molecule has 1 aromatic rings. The third-order valence-corrected chi connectivity index (χ3v) is 4.91. The molecule has 1 unspecified atom stereocenters. The van der Waals surface area contributed by atoms with Gasteiger partial charge >= 0.3 is 12.1 Å². The monoisotopic (exact) mass is 321 g/mol. The Labute approximate surface area is 135 Å². The summed E-state index contributed by atoms with van der Waals surface area (Å²) in [5.41, 5.74) is 1.63. The molecule has 1 spiro atoms. The second-order valence-electron chi connectivity index (χ2n) is 6.39. The third-order valence-electron chi connectivity index (χ3n) is 4.91. The Kier molecular flexibility index (Phi) is 3.91. The predicted octanol–water partition coefficient (Wildman–Crippen LogP) is 1.07. The van der Waals surface area contributed by atoms with Crippen molar-refractivity contribution in [2.24, 2.45) is 7.05 Å². The summed E-state index contributed by atoms with van der Waals surface area (Å²) in [6.45, 7) is 5.64. The zero-order chi connectivity index (χ0) is 16.6. The van der Waals surface area contributed by atoms with Gasteiger partial charge in [-0.25, -0.2) is 9.59 Å². The van der Waals surface area contributed by atoms with E-state index in [1.165, 1.54) is 0 Å². The van der Waals surface area contributed by atoms with Gasteiger partial charge in [0.15, 0.2) is 0 Å². The Morgan fingerprint density at radius 3 is 2.70 bits per heavy atom. The zero-order valence-corrected chi connectivity index (χ0v) is 13.8. The van der Waals surface area contributed by atoms with Crippen LogP contribution in [0.15, 0.2) is 6.20 Å². The summed E-state index contributed by atoms with van der Waals surface area (Å²) in [4.78, 5) is 25.4. The van der Waals surface area contributed by atoms with Crippen molar-refractivity contribution in [2.45, 2.75) is 38.3 Å². The topological polar surface area (TPSA) is 88.5 Å². The first-order chi connectivity index (χ1) is 10.9. The van der Waals surface area contributed by atoms with E-state index in [1.807, 2.05) is 20.9 Å². The molecule has 8 heteroatoms. The van der Waals surface area contributed by atoms with Crippen LogP contribution in [0, 0.1) is 6.92 Å². The summed E-state index contributed by atoms with van der Waals surface area (Å²) in [6.07, 6.45) is 2.76. The second-order valence-corrected chi connectivity index (χ2v) is 6.39. The van der Waals surface area contributed by atoms with E-state index in [-0.39, 0.29) is 18.2 Å². The summed E-state index contributed by atoms with van der Waals surface area (Å²) < 4.78 is 7.16. The largest absolute Gasteiger partial charge is 0.441 e. The van der Waals surface area contributed by atoms with Crippen molar-refractivity contribution in [3.63, 3.8) is 0 Å². The summed E-state index contributed by atoms with van der Waals surface area (Å²) in [5.74, 6) is 0. The van der Waals surface area contributed by atoms with Crippen LogP contribution in [0.1, 0.15) is 37.1 Å². The average molecular weight is 321 g/mol. The Hall–Kier alpha value is -2.25. The fourth-order valence-corrected chi connectivity index (χ4v) is 3.19. The highest BCUT2D eigenvalue weighted by molar-refractivity contribution is 5.75. The number of nitrogens with one attached hydrogen (secondary N) is 2. The fraction of sp³-hybridized carbons (Fsp3) is 0.667. The highest BCUT2D eigenvalue weighted by Gasteiger charge is 2.43. The molecule has 0 aromatic carbocycles. The number of hydrogen-bond donors (Lipinski definition) is 2. The quantitative estimate of drug-likeness (QED) is 0.853. The molecule has 0 saturated carbocycles. The van der Waals surface area contributed by atoms with Gasteiger partial charge in [0.2, 0.25) is 0 Å². The number of rotatable bonds is 2. The lowest BCUT2D eigenvalue weighted by Crippen LogP contribution is -2.51. The van der Waals surface area contributed by atoms with Gasteiger partial charge in [-0.2, -0.15) is 5.10 Å². The first-order valence-electron chi connectivity index (χ1n) is 7.91. The molecule has 3 heterocycles. The van der Waals surface area contributed by atoms with Crippen LogP contribution < -0.4 is 10.6 Å². The molecule has 0 radical (unpaired) electrons. The van der Waals surface area contributed by atoms with Gasteiger partial charge in [0, 0.05) is 44.2 Å². The van der Waals surface area contributed by atoms with Crippen molar-refractivity contribution in [3.05, 3.63) is 17.5 Å². The van der Waals surface area contributed by atoms with Gasteiger partial charge in [-0.1, -0.05) is 0 Å². The van der Waals surface area contributed by atoms with Crippen molar-refractivity contribution in [1.82, 2.24) is 25.3 Å². The number of aryl methyl sites for hydroxylation is 1. The zero-order valence-electron chi connectivity index (χ0n) is 13.8. The van der Waals surface area contributed by atoms with Gasteiger partial charge in [0.1, 0.15) is 5.60 Å². The molecule has 2 N–H and O–H groups in total. The fourth-order valence-electron chi connectivity index (χ4n) is 3.19. The number of likely N-dealkylation sites (tertiary alicyclic amines) is 1. The molecule has 1 aromatic heterocycles. The summed E-state index contributed by atoms with van der Waals surface area (Å²) in [5, 5.41) is 9.92. The van der Waals surface area contributed by atoms with Crippen molar-refractivity contribution >= 4 is 12.1 Å². The molecule has 2 aliphatic rings. The molecule has 2 aliphatic heterocycles. The van der Waals surface area contributed by atoms with Crippen molar-refractivity contribution in [2.75, 3.05) is 19.6 Å². The number of aromatic nitrogens is 2. The summed E-state index contributed by atoms with van der Waals surface area (Å²) in [7, 11) is 1.88. The van der Waals surface area contributed by atoms with E-state index in [0.717, 1.165) is 11.3 Å². The van der Waals surface area contributed by atoms with Crippen molar-refractivity contribution < 1.29 is 14.3 Å². The van der Waals surface area contributed by atoms with Crippen molar-refractivity contribution in [1.29, 1.82) is 0 Å². The van der Waals surface area contributed by atoms with E-state index >= 15 is 0 Å². The molecule has 8 nitrogen and oxygen atoms in total. The highest BCUT2D eigenvalue weighted by Crippen LogP contribution is 2.29. The van der Waals surface area contributed by atoms with Crippen LogP contribution in [0.5, 0.6) is 0 Å². The standard InChI is InChI=1S/C15H23N5O3/c1-10(12-8-17-19(3)11(12)2)18-13(21)20-6-4-15(5-7-20)9-16-14(22)23-15/h8,10H,4-7,9H2,1-3H3,(H,16,22)(H,18,21). The number of urea groups is 1. The first kappa shape index (κ1) is 15.6. The van der Waals surface area contributed by atoms with Gasteiger partial charge < -0.3 is 20.3 Å². The minimum Gasteiger partial charge on any atom is -0.441 e. The van der Waals surface area contributed by atoms with Crippen LogP contribution in [0.3, 0.4) is 0 Å². The number of carbonyl (C=O) groups excluding carboxylic acids is 2. The molecule has 1 atom stereocenters. The molecule has 0 aliphatic carbocycles. The summed E-state index contributed by atoms with van der Waals surface area (Å²) >= 11 is 0. The van der Waals surface area contributed by atoms with E-state index in [4.69, 9.17) is 4.74 Å². The SMILES string of the molecule is Cc1c(C(C)NC(=O)N2CCC3(CC2)CNC(=O)O3)cnn1C. The van der Waals surface area contributed by atoms with Crippen LogP contribution in [0.2, 0.25) is 0 Å². The highest BCUT2D eigenvalue weighted by atomic mass is 16.6. The number of carbonyl (C=O) groups is 2. The van der Waals surface area contributed by atoms with Gasteiger partial charge in [0.05, 0.1) is 18.8 Å². The van der Waals surface area contributed by atoms with E-state index in [9.17, 15) is 9.59 Å². The second kappa shape index (κ2) is 5.75. The average Bonchev–Trinajstić information content (AvgIpc) is 3.04. The molecular formula is C15H23N5O3. The van der Waals surface area contributed by atoms with Gasteiger partial charge in [-0.3, -0.25) is 4.68 Å². The van der Waals surface area contributed by atoms with E-state index in [1.54, 1.807) is 15.8 Å². The number of ether oxygens (including phenoxy) is 1. The maximum Gasteiger partial charge on any atom is 0.407 e. The van der Waals surface area contributed by atoms with E-state index < -0.39 is 5.60 Å². The Bertz CT molecular complexity index is 619. The number of piperidine rings is 1. The molecule has 2 saturated heterocycles. The molecule has 23 heavy (non-hydrogen) atoms. The van der Waals surface area contributed by atoms with E-state index in [0.29, 0.717) is 32.5 Å². The Morgan fingerprint density at radius 2 is 2.17 bits per heavy atom. The molecule has 2 fully saturated rings. The molecule has 3 amide bonds. The number of alkyl carbamates (subject to hydrolysis) is 1. The van der Waals surface area contributed by atoms with Gasteiger partial charge in [-0.05, 0) is 13.8 Å². The predicted molar refractivity (Wildman–Crippen MR) is 82.9 cm³/mol. The van der Waals surface area contributed by atoms with E-state index in [2.05, 4.69) is 15.7 Å². The summed E-state index contributed by atoms with van der Waals surface area (Å²) in [6, 6.07) is -0.189. The van der Waals surface area contributed by atoms with Crippen LogP contribution in [0.4, 0.5) is 9.59 Å². The molecular weight excluding hydrogens is 298 g/mol. The lowest BCUT2D eigenvalue weighted by molar-refractivity contribution is 0.00959. The maximum absolute atomic E-state index is 12.4. The maximum atomic E-state index is 12.4. The van der Waals surface area contributed by atoms with Crippen molar-refractivity contribution in [3.8, 4) is 0 Å². The third kappa shape index (κ3) is 2.97. The minimum absolute atomic E-state index is 0.0899. The number of hydrogen-bond acceptors (Lipinski definition) is 4.